The van der Waals surface area contributed by atoms with Crippen LogP contribution in [0.25, 0.3) is 0 Å². The molecule has 0 aromatic rings. The lowest BCUT2D eigenvalue weighted by molar-refractivity contribution is 0.110. The number of hydrogen-bond acceptors (Lipinski definition) is 2. The molecule has 76 valence electrons. The van der Waals surface area contributed by atoms with E-state index in [-0.39, 0.29) is 0 Å². The van der Waals surface area contributed by atoms with Gasteiger partial charge in [0.15, 0.2) is 0 Å². The van der Waals surface area contributed by atoms with Gasteiger partial charge >= 0.3 is 0 Å². The van der Waals surface area contributed by atoms with Crippen LogP contribution in [0.3, 0.4) is 0 Å². The van der Waals surface area contributed by atoms with E-state index in [9.17, 15) is 0 Å². The van der Waals surface area contributed by atoms with Crippen LogP contribution < -0.4 is 0 Å². The Kier molecular flexibility index (Phi) is 3.42. The summed E-state index contributed by atoms with van der Waals surface area (Å²) >= 11 is 0. The molecule has 0 saturated heterocycles. The summed E-state index contributed by atoms with van der Waals surface area (Å²) in [5.74, 6) is 1.49. The van der Waals surface area contributed by atoms with Gasteiger partial charge in [0.05, 0.1) is 6.61 Å². The second-order valence-electron chi connectivity index (χ2n) is 4.47. The highest BCUT2D eigenvalue weighted by atomic mass is 28.4. The lowest BCUT2D eigenvalue weighted by Crippen LogP contribution is -2.25. The van der Waals surface area contributed by atoms with Gasteiger partial charge in [-0.3, -0.25) is 0 Å². The lowest BCUT2D eigenvalue weighted by atomic mass is 10.4. The summed E-state index contributed by atoms with van der Waals surface area (Å²) in [6.07, 6.45) is 4.74. The van der Waals surface area contributed by atoms with E-state index in [4.69, 9.17) is 9.16 Å². The highest BCUT2D eigenvalue weighted by Gasteiger charge is 2.23. The van der Waals surface area contributed by atoms with Crippen LogP contribution in [-0.2, 0) is 9.16 Å². The predicted molar refractivity (Wildman–Crippen MR) is 56.9 cm³/mol. The van der Waals surface area contributed by atoms with Crippen LogP contribution in [0.2, 0.25) is 19.6 Å². The first-order valence-electron chi connectivity index (χ1n) is 5.05. The van der Waals surface area contributed by atoms with Gasteiger partial charge in [-0.15, -0.1) is 0 Å². The molecule has 0 spiro atoms. The molecular weight excluding hydrogens is 180 g/mol. The van der Waals surface area contributed by atoms with Crippen LogP contribution in [0, 0.1) is 5.92 Å². The van der Waals surface area contributed by atoms with Crippen molar-refractivity contribution in [3.63, 3.8) is 0 Å². The maximum Gasteiger partial charge on any atom is 0.261 e. The van der Waals surface area contributed by atoms with E-state index >= 15 is 0 Å². The van der Waals surface area contributed by atoms with Gasteiger partial charge in [-0.05, 0) is 51.4 Å². The van der Waals surface area contributed by atoms with Gasteiger partial charge in [-0.2, -0.15) is 0 Å². The largest absolute Gasteiger partial charge is 0.520 e. The Bertz CT molecular complexity index is 190. The van der Waals surface area contributed by atoms with Crippen molar-refractivity contribution in [3.8, 4) is 0 Å². The smallest absolute Gasteiger partial charge is 0.261 e. The van der Waals surface area contributed by atoms with Crippen LogP contribution in [0.15, 0.2) is 12.0 Å². The summed E-state index contributed by atoms with van der Waals surface area (Å²) in [6.45, 7) is 9.21. The summed E-state index contributed by atoms with van der Waals surface area (Å²) in [5, 5.41) is 0. The van der Waals surface area contributed by atoms with Crippen molar-refractivity contribution in [1.82, 2.24) is 0 Å². The predicted octanol–water partition coefficient (Wildman–Crippen LogP) is 3.13. The van der Waals surface area contributed by atoms with Crippen LogP contribution in [0.1, 0.15) is 19.8 Å². The second kappa shape index (κ2) is 4.18. The van der Waals surface area contributed by atoms with Crippen molar-refractivity contribution >= 4 is 8.32 Å². The Morgan fingerprint density at radius 2 is 2.00 bits per heavy atom. The van der Waals surface area contributed by atoms with Gasteiger partial charge in [-0.25, -0.2) is 0 Å². The minimum absolute atomic E-state index is 0.697. The normalized spacial score (nSPS) is 18.6. The number of allylic oxidation sites excluding steroid dienone is 1. The first-order chi connectivity index (χ1) is 6.01. The molecule has 0 aliphatic heterocycles. The molecule has 0 N–H and O–H groups in total. The zero-order valence-corrected chi connectivity index (χ0v) is 10.1. The van der Waals surface area contributed by atoms with E-state index in [0.29, 0.717) is 6.61 Å². The summed E-state index contributed by atoms with van der Waals surface area (Å²) in [7, 11) is -1.49. The molecule has 3 heteroatoms. The number of hydrogen-bond donors (Lipinski definition) is 0. The Morgan fingerprint density at radius 1 is 1.38 bits per heavy atom. The van der Waals surface area contributed by atoms with E-state index in [1.807, 2.05) is 6.92 Å². The molecule has 0 atom stereocenters. The lowest BCUT2D eigenvalue weighted by Gasteiger charge is -2.21. The molecule has 1 aliphatic rings. The van der Waals surface area contributed by atoms with Gasteiger partial charge in [0.25, 0.3) is 5.95 Å². The molecule has 1 rings (SSSR count). The zero-order chi connectivity index (χ0) is 9.90. The van der Waals surface area contributed by atoms with Crippen LogP contribution in [-0.4, -0.2) is 14.9 Å². The Labute approximate surface area is 82.1 Å². The highest BCUT2D eigenvalue weighted by Crippen LogP contribution is 2.32. The maximum atomic E-state index is 5.81. The maximum absolute atomic E-state index is 5.81. The molecule has 13 heavy (non-hydrogen) atoms. The summed E-state index contributed by atoms with van der Waals surface area (Å²) in [4.78, 5) is 0. The molecule has 0 unspecified atom stereocenters. The van der Waals surface area contributed by atoms with Crippen LogP contribution in [0.4, 0.5) is 0 Å². The van der Waals surface area contributed by atoms with Gasteiger partial charge in [0, 0.05) is 0 Å². The standard InChI is InChI=1S/C10H20O2Si/c1-5-11-10(8-9-6-7-9)12-13(2,3)4/h8-9H,5-7H2,1-4H3/b10-8+. The minimum Gasteiger partial charge on any atom is -0.520 e. The van der Waals surface area contributed by atoms with Gasteiger partial charge in [0.2, 0.25) is 8.32 Å². The van der Waals surface area contributed by atoms with E-state index in [1.165, 1.54) is 12.8 Å². The summed E-state index contributed by atoms with van der Waals surface area (Å²) in [6, 6.07) is 0. The minimum atomic E-state index is -1.49. The fourth-order valence-electron chi connectivity index (χ4n) is 1.01. The Morgan fingerprint density at radius 3 is 2.38 bits per heavy atom. The van der Waals surface area contributed by atoms with Crippen molar-refractivity contribution in [2.45, 2.75) is 39.4 Å². The molecule has 0 aromatic carbocycles. The Hall–Kier alpha value is -0.443. The van der Waals surface area contributed by atoms with Gasteiger partial charge < -0.3 is 9.16 Å². The molecular formula is C10H20O2Si. The van der Waals surface area contributed by atoms with E-state index in [0.717, 1.165) is 11.9 Å². The molecule has 0 heterocycles. The molecule has 0 bridgehead atoms. The van der Waals surface area contributed by atoms with Crippen molar-refractivity contribution in [3.05, 3.63) is 12.0 Å². The average molecular weight is 200 g/mol. The molecule has 1 fully saturated rings. The quantitative estimate of drug-likeness (QED) is 0.501. The SMILES string of the molecule is CCO/C(=C\C1CC1)O[Si](C)(C)C. The first kappa shape index (κ1) is 10.6. The summed E-state index contributed by atoms with van der Waals surface area (Å²) < 4.78 is 11.2. The molecule has 0 aromatic heterocycles. The molecule has 0 amide bonds. The topological polar surface area (TPSA) is 18.5 Å². The van der Waals surface area contributed by atoms with Gasteiger partial charge in [0.1, 0.15) is 0 Å². The second-order valence-corrected chi connectivity index (χ2v) is 8.90. The third-order valence-corrected chi connectivity index (χ3v) is 2.50. The fraction of sp³-hybridized carbons (Fsp3) is 0.800. The average Bonchev–Trinajstić information content (AvgIpc) is 2.68. The molecule has 1 saturated carbocycles. The highest BCUT2D eigenvalue weighted by molar-refractivity contribution is 6.69. The van der Waals surface area contributed by atoms with Gasteiger partial charge in [-0.1, -0.05) is 0 Å². The van der Waals surface area contributed by atoms with E-state index in [1.54, 1.807) is 0 Å². The monoisotopic (exact) mass is 200 g/mol. The molecule has 0 radical (unpaired) electrons. The molecule has 1 aliphatic carbocycles. The van der Waals surface area contributed by atoms with Crippen molar-refractivity contribution in [1.29, 1.82) is 0 Å². The van der Waals surface area contributed by atoms with Crippen molar-refractivity contribution in [2.75, 3.05) is 6.61 Å². The number of ether oxygens (including phenoxy) is 1. The Balaban J connectivity index is 2.46. The molecule has 2 nitrogen and oxygen atoms in total. The van der Waals surface area contributed by atoms with Crippen molar-refractivity contribution in [2.24, 2.45) is 5.92 Å². The van der Waals surface area contributed by atoms with E-state index in [2.05, 4.69) is 25.7 Å². The first-order valence-corrected chi connectivity index (χ1v) is 8.45. The fourth-order valence-corrected chi connectivity index (χ4v) is 1.74. The number of rotatable bonds is 5. The van der Waals surface area contributed by atoms with Crippen LogP contribution in [0.5, 0.6) is 0 Å². The summed E-state index contributed by atoms with van der Waals surface area (Å²) in [5.41, 5.74) is 0. The van der Waals surface area contributed by atoms with Crippen LogP contribution >= 0.6 is 0 Å². The van der Waals surface area contributed by atoms with E-state index < -0.39 is 8.32 Å². The third-order valence-electron chi connectivity index (χ3n) is 1.69. The third kappa shape index (κ3) is 4.98. The zero-order valence-electron chi connectivity index (χ0n) is 9.09. The van der Waals surface area contributed by atoms with Crippen molar-refractivity contribution < 1.29 is 9.16 Å².